The van der Waals surface area contributed by atoms with Crippen molar-refractivity contribution in [1.82, 2.24) is 5.32 Å². The molecule has 0 amide bonds. The first-order valence-electron chi connectivity index (χ1n) is 6.12. The molecule has 0 aliphatic heterocycles. The van der Waals surface area contributed by atoms with Gasteiger partial charge < -0.3 is 5.32 Å². The average Bonchev–Trinajstić information content (AvgIpc) is 2.16. The summed E-state index contributed by atoms with van der Waals surface area (Å²) in [5.41, 5.74) is -0.177. The average molecular weight is 213 g/mol. The lowest BCUT2D eigenvalue weighted by Gasteiger charge is -2.23. The van der Waals surface area contributed by atoms with E-state index >= 15 is 0 Å². The van der Waals surface area contributed by atoms with Gasteiger partial charge in [0.15, 0.2) is 0 Å². The fourth-order valence-corrected chi connectivity index (χ4v) is 1.83. The lowest BCUT2D eigenvalue weighted by Crippen LogP contribution is -2.28. The highest BCUT2D eigenvalue weighted by Gasteiger charge is 2.27. The van der Waals surface area contributed by atoms with Crippen LogP contribution in [0.15, 0.2) is 0 Å². The number of ketones is 1. The van der Waals surface area contributed by atoms with Gasteiger partial charge in [-0.3, -0.25) is 4.79 Å². The Hall–Kier alpha value is -0.370. The zero-order valence-corrected chi connectivity index (χ0v) is 11.0. The highest BCUT2D eigenvalue weighted by Crippen LogP contribution is 2.25. The van der Waals surface area contributed by atoms with Gasteiger partial charge in [-0.05, 0) is 32.9 Å². The quantitative estimate of drug-likeness (QED) is 0.659. The molecule has 1 atom stereocenters. The summed E-state index contributed by atoms with van der Waals surface area (Å²) in [5, 5.41) is 3.13. The lowest BCUT2D eigenvalue weighted by molar-refractivity contribution is -0.130. The zero-order chi connectivity index (χ0) is 11.9. The summed E-state index contributed by atoms with van der Waals surface area (Å²) in [6.07, 6.45) is 4.36. The van der Waals surface area contributed by atoms with Crippen molar-refractivity contribution in [2.45, 2.75) is 53.4 Å². The second kappa shape index (κ2) is 7.00. The molecule has 0 radical (unpaired) electrons. The number of carbonyl (C=O) groups is 1. The summed E-state index contributed by atoms with van der Waals surface area (Å²) in [6.45, 7) is 9.23. The monoisotopic (exact) mass is 213 g/mol. The van der Waals surface area contributed by atoms with Gasteiger partial charge in [-0.1, -0.05) is 34.1 Å². The molecule has 90 valence electrons. The molecule has 15 heavy (non-hydrogen) atoms. The molecular weight excluding hydrogens is 186 g/mol. The molecule has 0 aliphatic carbocycles. The molecule has 0 spiro atoms. The first-order valence-corrected chi connectivity index (χ1v) is 6.12. The minimum absolute atomic E-state index is 0.177. The molecule has 0 saturated carbocycles. The molecule has 0 rings (SSSR count). The van der Waals surface area contributed by atoms with E-state index in [0.29, 0.717) is 5.78 Å². The van der Waals surface area contributed by atoms with Crippen LogP contribution in [0, 0.1) is 11.3 Å². The molecule has 0 aliphatic rings. The Morgan fingerprint density at radius 1 is 1.27 bits per heavy atom. The SMILES string of the molecule is CCC(CCCCNC)C(=O)C(C)(C)C. The number of hydrogen-bond acceptors (Lipinski definition) is 2. The third-order valence-corrected chi connectivity index (χ3v) is 2.83. The van der Waals surface area contributed by atoms with Crippen LogP contribution in [-0.2, 0) is 4.79 Å². The molecule has 1 N–H and O–H groups in total. The minimum atomic E-state index is -0.177. The number of nitrogens with one attached hydrogen (secondary N) is 1. The van der Waals surface area contributed by atoms with Crippen molar-refractivity contribution in [2.75, 3.05) is 13.6 Å². The van der Waals surface area contributed by atoms with Crippen LogP contribution in [-0.4, -0.2) is 19.4 Å². The smallest absolute Gasteiger partial charge is 0.141 e. The van der Waals surface area contributed by atoms with Gasteiger partial charge in [0.1, 0.15) is 5.78 Å². The second-order valence-electron chi connectivity index (χ2n) is 5.32. The molecule has 2 nitrogen and oxygen atoms in total. The van der Waals surface area contributed by atoms with E-state index in [0.717, 1.165) is 25.8 Å². The van der Waals surface area contributed by atoms with Crippen molar-refractivity contribution in [3.05, 3.63) is 0 Å². The normalized spacial score (nSPS) is 13.9. The van der Waals surface area contributed by atoms with Crippen LogP contribution in [0.3, 0.4) is 0 Å². The van der Waals surface area contributed by atoms with Crippen molar-refractivity contribution >= 4 is 5.78 Å². The van der Waals surface area contributed by atoms with E-state index in [1.54, 1.807) is 0 Å². The van der Waals surface area contributed by atoms with Crippen LogP contribution in [0.4, 0.5) is 0 Å². The molecule has 0 heterocycles. The first-order chi connectivity index (χ1) is 6.93. The number of unbranched alkanes of at least 4 members (excludes halogenated alkanes) is 1. The zero-order valence-electron chi connectivity index (χ0n) is 11.0. The summed E-state index contributed by atoms with van der Waals surface area (Å²) in [7, 11) is 1.97. The summed E-state index contributed by atoms with van der Waals surface area (Å²) < 4.78 is 0. The summed E-state index contributed by atoms with van der Waals surface area (Å²) >= 11 is 0. The molecular formula is C13H27NO. The molecule has 0 bridgehead atoms. The maximum absolute atomic E-state index is 12.0. The van der Waals surface area contributed by atoms with E-state index in [1.165, 1.54) is 6.42 Å². The maximum Gasteiger partial charge on any atom is 0.141 e. The van der Waals surface area contributed by atoms with Gasteiger partial charge in [0.25, 0.3) is 0 Å². The fraction of sp³-hybridized carbons (Fsp3) is 0.923. The number of Topliss-reactive ketones (excluding diaryl/α,β-unsaturated/α-hetero) is 1. The van der Waals surface area contributed by atoms with Gasteiger partial charge in [-0.15, -0.1) is 0 Å². The van der Waals surface area contributed by atoms with E-state index in [9.17, 15) is 4.79 Å². The molecule has 0 saturated heterocycles. The topological polar surface area (TPSA) is 29.1 Å². The van der Waals surface area contributed by atoms with E-state index in [-0.39, 0.29) is 11.3 Å². The van der Waals surface area contributed by atoms with E-state index in [4.69, 9.17) is 0 Å². The number of rotatable bonds is 7. The lowest BCUT2D eigenvalue weighted by atomic mass is 9.80. The van der Waals surface area contributed by atoms with Crippen molar-refractivity contribution in [2.24, 2.45) is 11.3 Å². The highest BCUT2D eigenvalue weighted by atomic mass is 16.1. The third-order valence-electron chi connectivity index (χ3n) is 2.83. The van der Waals surface area contributed by atoms with E-state index < -0.39 is 0 Å². The Labute approximate surface area is 94.8 Å². The predicted molar refractivity (Wildman–Crippen MR) is 66.0 cm³/mol. The summed E-state index contributed by atoms with van der Waals surface area (Å²) in [6, 6.07) is 0. The standard InChI is InChI=1S/C13H27NO/c1-6-11(9-7-8-10-14-5)12(15)13(2,3)4/h11,14H,6-10H2,1-5H3. The van der Waals surface area contributed by atoms with Crippen molar-refractivity contribution < 1.29 is 4.79 Å². The molecule has 0 aromatic carbocycles. The number of carbonyl (C=O) groups excluding carboxylic acids is 1. The van der Waals surface area contributed by atoms with Crippen LogP contribution in [0.2, 0.25) is 0 Å². The minimum Gasteiger partial charge on any atom is -0.320 e. The molecule has 2 heteroatoms. The van der Waals surface area contributed by atoms with Crippen molar-refractivity contribution in [1.29, 1.82) is 0 Å². The van der Waals surface area contributed by atoms with Gasteiger partial charge in [-0.2, -0.15) is 0 Å². The third kappa shape index (κ3) is 5.93. The Morgan fingerprint density at radius 2 is 1.87 bits per heavy atom. The largest absolute Gasteiger partial charge is 0.320 e. The molecule has 0 aromatic rings. The Morgan fingerprint density at radius 3 is 2.27 bits per heavy atom. The molecule has 1 unspecified atom stereocenters. The van der Waals surface area contributed by atoms with Crippen molar-refractivity contribution in [3.63, 3.8) is 0 Å². The Bertz CT molecular complexity index is 181. The van der Waals surface area contributed by atoms with Gasteiger partial charge in [0, 0.05) is 11.3 Å². The summed E-state index contributed by atoms with van der Waals surface area (Å²) in [5.74, 6) is 0.691. The Kier molecular flexibility index (Phi) is 6.82. The van der Waals surface area contributed by atoms with Crippen molar-refractivity contribution in [3.8, 4) is 0 Å². The second-order valence-corrected chi connectivity index (χ2v) is 5.32. The Balaban J connectivity index is 3.97. The molecule has 0 fully saturated rings. The number of hydrogen-bond donors (Lipinski definition) is 1. The summed E-state index contributed by atoms with van der Waals surface area (Å²) in [4.78, 5) is 12.0. The van der Waals surface area contributed by atoms with Crippen LogP contribution < -0.4 is 5.32 Å². The van der Waals surface area contributed by atoms with Gasteiger partial charge in [0.05, 0.1) is 0 Å². The van der Waals surface area contributed by atoms with Crippen LogP contribution in [0.1, 0.15) is 53.4 Å². The maximum atomic E-state index is 12.0. The van der Waals surface area contributed by atoms with Crippen LogP contribution in [0.5, 0.6) is 0 Å². The van der Waals surface area contributed by atoms with E-state index in [2.05, 4.69) is 12.2 Å². The predicted octanol–water partition coefficient (Wildman–Crippen LogP) is 3.02. The van der Waals surface area contributed by atoms with Gasteiger partial charge in [0.2, 0.25) is 0 Å². The van der Waals surface area contributed by atoms with Gasteiger partial charge in [-0.25, -0.2) is 0 Å². The molecule has 0 aromatic heterocycles. The van der Waals surface area contributed by atoms with Crippen LogP contribution in [0.25, 0.3) is 0 Å². The van der Waals surface area contributed by atoms with Crippen LogP contribution >= 0.6 is 0 Å². The highest BCUT2D eigenvalue weighted by molar-refractivity contribution is 5.85. The van der Waals surface area contributed by atoms with Gasteiger partial charge >= 0.3 is 0 Å². The first kappa shape index (κ1) is 14.6. The van der Waals surface area contributed by atoms with E-state index in [1.807, 2.05) is 27.8 Å². The fourth-order valence-electron chi connectivity index (χ4n) is 1.83.